The summed E-state index contributed by atoms with van der Waals surface area (Å²) in [5.41, 5.74) is 0.701. The van der Waals surface area contributed by atoms with Crippen molar-refractivity contribution in [3.63, 3.8) is 0 Å². The minimum Gasteiger partial charge on any atom is -0.341 e. The Morgan fingerprint density at radius 2 is 2.11 bits per heavy atom. The SMILES string of the molecule is O=C(Cc1cccc(F)c1)N1CC(c2noc(C3CCCN3CC3CC3)n2)C1. The van der Waals surface area contributed by atoms with E-state index in [2.05, 4.69) is 15.0 Å². The minimum absolute atomic E-state index is 0.0111. The molecule has 5 rings (SSSR count). The number of carbonyl (C=O) groups is 1. The van der Waals surface area contributed by atoms with Crippen molar-refractivity contribution in [2.24, 2.45) is 5.92 Å². The summed E-state index contributed by atoms with van der Waals surface area (Å²) >= 11 is 0. The lowest BCUT2D eigenvalue weighted by atomic mass is 9.98. The van der Waals surface area contributed by atoms with Gasteiger partial charge in [0.2, 0.25) is 11.8 Å². The molecule has 0 bridgehead atoms. The van der Waals surface area contributed by atoms with Gasteiger partial charge in [-0.25, -0.2) is 4.39 Å². The van der Waals surface area contributed by atoms with Crippen LogP contribution in [0, 0.1) is 11.7 Å². The summed E-state index contributed by atoms with van der Waals surface area (Å²) in [6, 6.07) is 6.46. The standard InChI is InChI=1S/C21H25FN4O2/c22-17-4-1-3-15(9-17)10-19(27)26-12-16(13-26)20-23-21(28-24-20)18-5-2-8-25(18)11-14-6-7-14/h1,3-4,9,14,16,18H,2,5-8,10-13H2. The Morgan fingerprint density at radius 1 is 1.25 bits per heavy atom. The van der Waals surface area contributed by atoms with Gasteiger partial charge in [0, 0.05) is 19.6 Å². The van der Waals surface area contributed by atoms with Gasteiger partial charge in [0.25, 0.3) is 0 Å². The van der Waals surface area contributed by atoms with Gasteiger partial charge in [0.15, 0.2) is 5.82 Å². The van der Waals surface area contributed by atoms with Gasteiger partial charge in [-0.1, -0.05) is 17.3 Å². The van der Waals surface area contributed by atoms with Gasteiger partial charge in [-0.15, -0.1) is 0 Å². The predicted molar refractivity (Wildman–Crippen MR) is 100.0 cm³/mol. The Morgan fingerprint density at radius 3 is 2.89 bits per heavy atom. The van der Waals surface area contributed by atoms with E-state index in [1.807, 2.05) is 0 Å². The number of amides is 1. The Bertz CT molecular complexity index is 860. The van der Waals surface area contributed by atoms with E-state index in [1.165, 1.54) is 31.4 Å². The van der Waals surface area contributed by atoms with E-state index in [0.29, 0.717) is 24.5 Å². The molecule has 28 heavy (non-hydrogen) atoms. The molecule has 1 aliphatic carbocycles. The molecule has 1 aromatic carbocycles. The molecule has 1 amide bonds. The van der Waals surface area contributed by atoms with Gasteiger partial charge in [-0.05, 0) is 55.8 Å². The highest BCUT2D eigenvalue weighted by Gasteiger charge is 2.38. The van der Waals surface area contributed by atoms with Crippen LogP contribution in [0.3, 0.4) is 0 Å². The minimum atomic E-state index is -0.311. The summed E-state index contributed by atoms with van der Waals surface area (Å²) < 4.78 is 18.9. The Labute approximate surface area is 163 Å². The van der Waals surface area contributed by atoms with Crippen LogP contribution < -0.4 is 0 Å². The van der Waals surface area contributed by atoms with Crippen molar-refractivity contribution in [2.75, 3.05) is 26.2 Å². The molecule has 1 atom stereocenters. The summed E-state index contributed by atoms with van der Waals surface area (Å²) in [7, 11) is 0. The van der Waals surface area contributed by atoms with E-state index in [1.54, 1.807) is 17.0 Å². The van der Waals surface area contributed by atoms with E-state index in [-0.39, 0.29) is 30.1 Å². The Balaban J connectivity index is 1.16. The smallest absolute Gasteiger partial charge is 0.244 e. The van der Waals surface area contributed by atoms with Gasteiger partial charge in [-0.3, -0.25) is 9.69 Å². The largest absolute Gasteiger partial charge is 0.341 e. The molecule has 148 valence electrons. The zero-order chi connectivity index (χ0) is 19.1. The fourth-order valence-corrected chi connectivity index (χ4v) is 4.28. The molecule has 2 saturated heterocycles. The molecular weight excluding hydrogens is 359 g/mol. The summed E-state index contributed by atoms with van der Waals surface area (Å²) in [6.45, 7) is 3.46. The maximum Gasteiger partial charge on any atom is 0.244 e. The number of aromatic nitrogens is 2. The van der Waals surface area contributed by atoms with Crippen LogP contribution in [0.1, 0.15) is 54.9 Å². The summed E-state index contributed by atoms with van der Waals surface area (Å²) in [5.74, 6) is 2.13. The molecular formula is C21H25FN4O2. The molecule has 1 aromatic heterocycles. The average molecular weight is 384 g/mol. The van der Waals surface area contributed by atoms with Crippen LogP contribution in [-0.2, 0) is 11.2 Å². The number of likely N-dealkylation sites (tertiary alicyclic amines) is 2. The van der Waals surface area contributed by atoms with Crippen LogP contribution in [0.25, 0.3) is 0 Å². The number of nitrogens with zero attached hydrogens (tertiary/aromatic N) is 4. The third-order valence-electron chi connectivity index (χ3n) is 6.14. The lowest BCUT2D eigenvalue weighted by Gasteiger charge is -2.37. The van der Waals surface area contributed by atoms with Crippen LogP contribution in [0.15, 0.2) is 28.8 Å². The Hall–Kier alpha value is -2.28. The molecule has 2 aromatic rings. The van der Waals surface area contributed by atoms with Crippen molar-refractivity contribution in [1.29, 1.82) is 0 Å². The molecule has 0 N–H and O–H groups in total. The number of hydrogen-bond donors (Lipinski definition) is 0. The molecule has 7 heteroatoms. The van der Waals surface area contributed by atoms with Crippen LogP contribution in [0.5, 0.6) is 0 Å². The molecule has 1 unspecified atom stereocenters. The zero-order valence-electron chi connectivity index (χ0n) is 15.9. The number of hydrogen-bond acceptors (Lipinski definition) is 5. The van der Waals surface area contributed by atoms with Crippen LogP contribution in [0.2, 0.25) is 0 Å². The van der Waals surface area contributed by atoms with Crippen LogP contribution in [-0.4, -0.2) is 52.0 Å². The van der Waals surface area contributed by atoms with E-state index in [9.17, 15) is 9.18 Å². The third kappa shape index (κ3) is 3.68. The second-order valence-corrected chi connectivity index (χ2v) is 8.39. The van der Waals surface area contributed by atoms with Gasteiger partial charge in [0.05, 0.1) is 18.4 Å². The topological polar surface area (TPSA) is 62.5 Å². The third-order valence-corrected chi connectivity index (χ3v) is 6.14. The summed E-state index contributed by atoms with van der Waals surface area (Å²) in [6.07, 6.45) is 5.18. The maximum atomic E-state index is 13.3. The first kappa shape index (κ1) is 17.8. The monoisotopic (exact) mass is 384 g/mol. The molecule has 0 spiro atoms. The van der Waals surface area contributed by atoms with Crippen LogP contribution in [0.4, 0.5) is 4.39 Å². The molecule has 1 saturated carbocycles. The number of carbonyl (C=O) groups excluding carboxylic acids is 1. The molecule has 2 aliphatic heterocycles. The van der Waals surface area contributed by atoms with Crippen molar-refractivity contribution in [2.45, 2.75) is 44.1 Å². The number of benzene rings is 1. The fraction of sp³-hybridized carbons (Fsp3) is 0.571. The van der Waals surface area contributed by atoms with E-state index >= 15 is 0 Å². The second kappa shape index (κ2) is 7.28. The molecule has 3 heterocycles. The quantitative estimate of drug-likeness (QED) is 0.766. The first-order valence-corrected chi connectivity index (χ1v) is 10.3. The Kier molecular flexibility index (Phi) is 4.62. The first-order valence-electron chi connectivity index (χ1n) is 10.3. The van der Waals surface area contributed by atoms with E-state index in [4.69, 9.17) is 4.52 Å². The highest BCUT2D eigenvalue weighted by molar-refractivity contribution is 5.79. The highest BCUT2D eigenvalue weighted by Crippen LogP contribution is 2.37. The first-order chi connectivity index (χ1) is 13.7. The molecule has 0 radical (unpaired) electrons. The molecule has 3 aliphatic rings. The van der Waals surface area contributed by atoms with Crippen molar-refractivity contribution in [3.8, 4) is 0 Å². The van der Waals surface area contributed by atoms with Gasteiger partial charge in [-0.2, -0.15) is 4.98 Å². The van der Waals surface area contributed by atoms with E-state index < -0.39 is 0 Å². The molecule has 6 nitrogen and oxygen atoms in total. The van der Waals surface area contributed by atoms with Crippen molar-refractivity contribution in [3.05, 3.63) is 47.4 Å². The lowest BCUT2D eigenvalue weighted by Crippen LogP contribution is -2.49. The average Bonchev–Trinajstić information content (AvgIpc) is 3.11. The van der Waals surface area contributed by atoms with Gasteiger partial charge in [0.1, 0.15) is 5.82 Å². The number of halogens is 1. The van der Waals surface area contributed by atoms with Gasteiger partial charge < -0.3 is 9.42 Å². The predicted octanol–water partition coefficient (Wildman–Crippen LogP) is 2.92. The highest BCUT2D eigenvalue weighted by atomic mass is 19.1. The van der Waals surface area contributed by atoms with Gasteiger partial charge >= 0.3 is 0 Å². The lowest BCUT2D eigenvalue weighted by molar-refractivity contribution is -0.135. The number of rotatable bonds is 6. The van der Waals surface area contributed by atoms with Crippen molar-refractivity contribution in [1.82, 2.24) is 19.9 Å². The second-order valence-electron chi connectivity index (χ2n) is 8.39. The zero-order valence-corrected chi connectivity index (χ0v) is 15.9. The normalized spacial score (nSPS) is 23.2. The van der Waals surface area contributed by atoms with Crippen molar-refractivity contribution >= 4 is 5.91 Å². The summed E-state index contributed by atoms with van der Waals surface area (Å²) in [4.78, 5) is 21.3. The maximum absolute atomic E-state index is 13.3. The fourth-order valence-electron chi connectivity index (χ4n) is 4.28. The van der Waals surface area contributed by atoms with E-state index in [0.717, 1.165) is 31.3 Å². The summed E-state index contributed by atoms with van der Waals surface area (Å²) in [5, 5.41) is 4.20. The molecule has 3 fully saturated rings. The van der Waals surface area contributed by atoms with Crippen LogP contribution >= 0.6 is 0 Å². The van der Waals surface area contributed by atoms with Crippen molar-refractivity contribution < 1.29 is 13.7 Å².